The van der Waals surface area contributed by atoms with E-state index in [1.807, 2.05) is 0 Å². The normalized spacial score (nSPS) is 14.4. The maximum Gasteiger partial charge on any atom is 0.0561 e. The molecule has 0 heterocycles. The molecule has 0 aliphatic rings. The molecule has 0 aromatic heterocycles. The highest BCUT2D eigenvalue weighted by Crippen LogP contribution is 2.14. The highest BCUT2D eigenvalue weighted by atomic mass is 35.5. The fraction of sp³-hybridized carbons (Fsp3) is 0.143. The zero-order valence-corrected chi connectivity index (χ0v) is 7.34. The molecule has 0 amide bonds. The van der Waals surface area contributed by atoms with E-state index in [4.69, 9.17) is 11.6 Å². The minimum Gasteiger partial charge on any atom is -0.255 e. The number of allylic oxidation sites excluding steroid dienone is 3. The van der Waals surface area contributed by atoms with E-state index in [-0.39, 0.29) is 0 Å². The fourth-order valence-corrected chi connectivity index (χ4v) is 1.09. The molecule has 0 spiro atoms. The second kappa shape index (κ2) is 4.47. The Labute approximate surface area is 68.5 Å². The predicted molar refractivity (Wildman–Crippen MR) is 47.3 cm³/mol. The van der Waals surface area contributed by atoms with Crippen LogP contribution in [0.1, 0.15) is 0 Å². The van der Waals surface area contributed by atoms with E-state index in [1.165, 1.54) is 12.3 Å². The van der Waals surface area contributed by atoms with Crippen LogP contribution in [-0.2, 0) is 10.8 Å². The molecule has 0 aromatic rings. The number of rotatable bonds is 3. The number of hydrogen-bond acceptors (Lipinski definition) is 1. The molecule has 0 rings (SSSR count). The first-order valence-corrected chi connectivity index (χ1v) is 4.54. The summed E-state index contributed by atoms with van der Waals surface area (Å²) in [4.78, 5) is 0.432. The molecule has 0 radical (unpaired) electrons. The van der Waals surface area contributed by atoms with Gasteiger partial charge in [-0.05, 0) is 6.08 Å². The van der Waals surface area contributed by atoms with Gasteiger partial charge in [-0.2, -0.15) is 0 Å². The molecule has 1 nitrogen and oxygen atoms in total. The molecule has 0 bridgehead atoms. The van der Waals surface area contributed by atoms with E-state index in [2.05, 4.69) is 13.2 Å². The topological polar surface area (TPSA) is 17.1 Å². The molecular formula is C7H9ClOS. The van der Waals surface area contributed by atoms with Gasteiger partial charge in [-0.3, -0.25) is 4.21 Å². The largest absolute Gasteiger partial charge is 0.255 e. The summed E-state index contributed by atoms with van der Waals surface area (Å²) in [5.74, 6) is 0. The van der Waals surface area contributed by atoms with Gasteiger partial charge >= 0.3 is 0 Å². The highest BCUT2D eigenvalue weighted by molar-refractivity contribution is 7.88. The lowest BCUT2D eigenvalue weighted by molar-refractivity contribution is 0.691. The predicted octanol–water partition coefficient (Wildman–Crippen LogP) is 2.19. The molecule has 0 aliphatic heterocycles. The monoisotopic (exact) mass is 176 g/mol. The van der Waals surface area contributed by atoms with Crippen LogP contribution in [0.15, 0.2) is 35.2 Å². The first-order valence-electron chi connectivity index (χ1n) is 2.60. The molecule has 1 unspecified atom stereocenters. The third-order valence-electron chi connectivity index (χ3n) is 0.878. The SMILES string of the molecule is C=C/C=C(/Cl)C(=C)S(C)=O. The summed E-state index contributed by atoms with van der Waals surface area (Å²) in [6.45, 7) is 6.97. The zero-order chi connectivity index (χ0) is 8.15. The lowest BCUT2D eigenvalue weighted by Gasteiger charge is -1.96. The molecule has 0 saturated carbocycles. The number of halogens is 1. The van der Waals surface area contributed by atoms with Crippen LogP contribution < -0.4 is 0 Å². The molecule has 0 fully saturated rings. The first kappa shape index (κ1) is 9.66. The van der Waals surface area contributed by atoms with Gasteiger partial charge < -0.3 is 0 Å². The van der Waals surface area contributed by atoms with Gasteiger partial charge in [0.2, 0.25) is 0 Å². The maximum atomic E-state index is 10.7. The Morgan fingerprint density at radius 3 is 2.50 bits per heavy atom. The Bertz CT molecular complexity index is 206. The minimum absolute atomic E-state index is 0.399. The highest BCUT2D eigenvalue weighted by Gasteiger charge is 2.00. The van der Waals surface area contributed by atoms with Gasteiger partial charge in [0, 0.05) is 11.2 Å². The molecule has 10 heavy (non-hydrogen) atoms. The van der Waals surface area contributed by atoms with Crippen molar-refractivity contribution in [2.24, 2.45) is 0 Å². The van der Waals surface area contributed by atoms with E-state index in [1.54, 1.807) is 6.08 Å². The Hall–Kier alpha value is -0.340. The second-order valence-corrected chi connectivity index (χ2v) is 3.44. The van der Waals surface area contributed by atoms with E-state index in [9.17, 15) is 4.21 Å². The van der Waals surface area contributed by atoms with Crippen molar-refractivity contribution in [2.75, 3.05) is 6.26 Å². The van der Waals surface area contributed by atoms with E-state index >= 15 is 0 Å². The van der Waals surface area contributed by atoms with Crippen molar-refractivity contribution < 1.29 is 4.21 Å². The Morgan fingerprint density at radius 1 is 1.70 bits per heavy atom. The standard InChI is InChI=1S/C7H9ClOS/c1-4-5-7(8)6(2)10(3)9/h4-5H,1-2H2,3H3/b7-5+. The summed E-state index contributed by atoms with van der Waals surface area (Å²) >= 11 is 5.62. The van der Waals surface area contributed by atoms with Crippen LogP contribution in [0.5, 0.6) is 0 Å². The van der Waals surface area contributed by atoms with Crippen molar-refractivity contribution in [3.63, 3.8) is 0 Å². The van der Waals surface area contributed by atoms with Gasteiger partial charge in [0.05, 0.1) is 15.8 Å². The van der Waals surface area contributed by atoms with Gasteiger partial charge in [0.25, 0.3) is 0 Å². The lowest BCUT2D eigenvalue weighted by Crippen LogP contribution is -1.88. The fourth-order valence-electron chi connectivity index (χ4n) is 0.334. The van der Waals surface area contributed by atoms with Crippen LogP contribution in [0.25, 0.3) is 0 Å². The molecule has 56 valence electrons. The van der Waals surface area contributed by atoms with E-state index in [0.29, 0.717) is 9.94 Å². The summed E-state index contributed by atoms with van der Waals surface area (Å²) < 4.78 is 10.7. The van der Waals surface area contributed by atoms with Crippen molar-refractivity contribution in [1.29, 1.82) is 0 Å². The Balaban J connectivity index is 4.36. The summed E-state index contributed by atoms with van der Waals surface area (Å²) in [6.07, 6.45) is 4.62. The molecule has 1 atom stereocenters. The van der Waals surface area contributed by atoms with Crippen molar-refractivity contribution in [2.45, 2.75) is 0 Å². The van der Waals surface area contributed by atoms with Crippen LogP contribution >= 0.6 is 11.6 Å². The summed E-state index contributed by atoms with van der Waals surface area (Å²) in [5, 5.41) is 0.399. The summed E-state index contributed by atoms with van der Waals surface area (Å²) in [5.41, 5.74) is 0. The van der Waals surface area contributed by atoms with Gasteiger partial charge in [-0.1, -0.05) is 30.8 Å². The molecule has 0 saturated heterocycles. The Kier molecular flexibility index (Phi) is 4.32. The van der Waals surface area contributed by atoms with Gasteiger partial charge in [0.15, 0.2) is 0 Å². The molecule has 0 aliphatic carbocycles. The van der Waals surface area contributed by atoms with Crippen LogP contribution in [0.3, 0.4) is 0 Å². The zero-order valence-electron chi connectivity index (χ0n) is 5.76. The molecule has 0 aromatic carbocycles. The lowest BCUT2D eigenvalue weighted by atomic mass is 10.5. The summed E-state index contributed by atoms with van der Waals surface area (Å²) in [6, 6.07) is 0. The van der Waals surface area contributed by atoms with Crippen molar-refractivity contribution in [3.8, 4) is 0 Å². The molecule has 3 heteroatoms. The molecule has 0 N–H and O–H groups in total. The van der Waals surface area contributed by atoms with Crippen LogP contribution in [0.2, 0.25) is 0 Å². The van der Waals surface area contributed by atoms with Gasteiger partial charge in [-0.15, -0.1) is 0 Å². The van der Waals surface area contributed by atoms with Crippen LogP contribution in [0, 0.1) is 0 Å². The molecular weight excluding hydrogens is 168 g/mol. The average Bonchev–Trinajstić information content (AvgIpc) is 1.87. The smallest absolute Gasteiger partial charge is 0.0561 e. The number of hydrogen-bond donors (Lipinski definition) is 0. The van der Waals surface area contributed by atoms with Gasteiger partial charge in [-0.25, -0.2) is 0 Å². The van der Waals surface area contributed by atoms with E-state index in [0.717, 1.165) is 0 Å². The minimum atomic E-state index is -1.08. The van der Waals surface area contributed by atoms with E-state index < -0.39 is 10.8 Å². The second-order valence-electron chi connectivity index (χ2n) is 1.63. The summed E-state index contributed by atoms with van der Waals surface area (Å²) in [7, 11) is -1.08. The van der Waals surface area contributed by atoms with Crippen molar-refractivity contribution in [1.82, 2.24) is 0 Å². The third-order valence-corrected chi connectivity index (χ3v) is 2.26. The van der Waals surface area contributed by atoms with Crippen molar-refractivity contribution >= 4 is 22.4 Å². The maximum absolute atomic E-state index is 10.7. The average molecular weight is 177 g/mol. The Morgan fingerprint density at radius 2 is 2.20 bits per heavy atom. The van der Waals surface area contributed by atoms with Crippen LogP contribution in [0.4, 0.5) is 0 Å². The van der Waals surface area contributed by atoms with Gasteiger partial charge in [0.1, 0.15) is 0 Å². The quantitative estimate of drug-likeness (QED) is 0.603. The van der Waals surface area contributed by atoms with Crippen molar-refractivity contribution in [3.05, 3.63) is 35.2 Å². The third kappa shape index (κ3) is 2.99. The van der Waals surface area contributed by atoms with Crippen LogP contribution in [-0.4, -0.2) is 10.5 Å². The first-order chi connectivity index (χ1) is 4.59.